The Morgan fingerprint density at radius 1 is 1.43 bits per heavy atom. The molecule has 2 N–H and O–H groups in total. The monoisotopic (exact) mass is 432 g/mol. The zero-order valence-electron chi connectivity index (χ0n) is 13.3. The van der Waals surface area contributed by atoms with Crippen molar-refractivity contribution in [2.75, 3.05) is 39.0 Å². The second kappa shape index (κ2) is 10.6. The number of nitrogens with zero attached hydrogens (tertiary/aromatic N) is 2. The molecule has 1 rings (SSSR count). The molecule has 1 aliphatic heterocycles. The van der Waals surface area contributed by atoms with Crippen molar-refractivity contribution in [1.82, 2.24) is 14.9 Å². The van der Waals surface area contributed by atoms with Gasteiger partial charge >= 0.3 is 0 Å². The number of halogens is 1. The van der Waals surface area contributed by atoms with E-state index in [4.69, 9.17) is 0 Å². The number of piperidine rings is 1. The Hall–Kier alpha value is -0.0900. The number of rotatable bonds is 6. The molecular formula is C13H29IN4O2S. The molecule has 126 valence electrons. The van der Waals surface area contributed by atoms with E-state index >= 15 is 0 Å². The summed E-state index contributed by atoms with van der Waals surface area (Å²) in [5, 5.41) is 3.32. The van der Waals surface area contributed by atoms with Gasteiger partial charge in [-0.25, -0.2) is 13.1 Å². The van der Waals surface area contributed by atoms with Gasteiger partial charge in [0.2, 0.25) is 10.0 Å². The second-order valence-corrected chi connectivity index (χ2v) is 7.28. The lowest BCUT2D eigenvalue weighted by Gasteiger charge is -2.33. The van der Waals surface area contributed by atoms with E-state index in [0.29, 0.717) is 25.4 Å². The first-order chi connectivity index (χ1) is 9.42. The highest BCUT2D eigenvalue weighted by atomic mass is 127. The van der Waals surface area contributed by atoms with Crippen LogP contribution < -0.4 is 10.0 Å². The van der Waals surface area contributed by atoms with Crippen LogP contribution in [0, 0.1) is 5.92 Å². The largest absolute Gasteiger partial charge is 0.357 e. The maximum Gasteiger partial charge on any atom is 0.208 e. The molecule has 1 atom stereocenters. The normalized spacial score (nSPS) is 20.0. The minimum Gasteiger partial charge on any atom is -0.357 e. The van der Waals surface area contributed by atoms with Gasteiger partial charge in [-0.05, 0) is 32.1 Å². The topological polar surface area (TPSA) is 73.8 Å². The van der Waals surface area contributed by atoms with Crippen LogP contribution in [-0.4, -0.2) is 58.3 Å². The predicted octanol–water partition coefficient (Wildman–Crippen LogP) is 1.24. The summed E-state index contributed by atoms with van der Waals surface area (Å²) in [6.45, 7) is 8.37. The zero-order valence-corrected chi connectivity index (χ0v) is 16.4. The molecule has 1 fully saturated rings. The fourth-order valence-corrected chi connectivity index (χ4v) is 2.84. The van der Waals surface area contributed by atoms with Crippen molar-refractivity contribution in [2.24, 2.45) is 10.9 Å². The fraction of sp³-hybridized carbons (Fsp3) is 0.923. The third kappa shape index (κ3) is 9.51. The number of nitrogens with one attached hydrogen (secondary N) is 2. The molecular weight excluding hydrogens is 403 g/mol. The number of hydrogen-bond acceptors (Lipinski definition) is 3. The van der Waals surface area contributed by atoms with E-state index < -0.39 is 10.0 Å². The standard InChI is InChI=1S/C13H28N4O2S.HI/c1-4-14-13(17-10-5-7-12(2)11-17)15-8-6-9-16-20(3,18)19;/h12,16H,4-11H2,1-3H3,(H,14,15);1H. The van der Waals surface area contributed by atoms with E-state index in [1.165, 1.54) is 19.1 Å². The molecule has 0 aromatic heterocycles. The van der Waals surface area contributed by atoms with Crippen LogP contribution in [0.2, 0.25) is 0 Å². The van der Waals surface area contributed by atoms with Gasteiger partial charge in [0.05, 0.1) is 6.26 Å². The van der Waals surface area contributed by atoms with Crippen LogP contribution >= 0.6 is 24.0 Å². The van der Waals surface area contributed by atoms with Gasteiger partial charge in [0.25, 0.3) is 0 Å². The third-order valence-corrected chi connectivity index (χ3v) is 3.98. The Morgan fingerprint density at radius 2 is 2.14 bits per heavy atom. The van der Waals surface area contributed by atoms with E-state index in [1.54, 1.807) is 0 Å². The highest BCUT2D eigenvalue weighted by molar-refractivity contribution is 14.0. The molecule has 0 spiro atoms. The lowest BCUT2D eigenvalue weighted by atomic mass is 10.0. The SMILES string of the molecule is CCNC(=NCCCNS(C)(=O)=O)N1CCCC(C)C1.I. The lowest BCUT2D eigenvalue weighted by Crippen LogP contribution is -2.46. The summed E-state index contributed by atoms with van der Waals surface area (Å²) >= 11 is 0. The van der Waals surface area contributed by atoms with Gasteiger partial charge in [-0.1, -0.05) is 6.92 Å². The van der Waals surface area contributed by atoms with Crippen LogP contribution in [0.3, 0.4) is 0 Å². The van der Waals surface area contributed by atoms with Crippen LogP contribution in [0.5, 0.6) is 0 Å². The molecule has 0 radical (unpaired) electrons. The van der Waals surface area contributed by atoms with Gasteiger partial charge in [-0.3, -0.25) is 4.99 Å². The summed E-state index contributed by atoms with van der Waals surface area (Å²) in [5.41, 5.74) is 0. The molecule has 0 amide bonds. The molecule has 6 nitrogen and oxygen atoms in total. The summed E-state index contributed by atoms with van der Waals surface area (Å²) in [6, 6.07) is 0. The molecule has 8 heteroatoms. The second-order valence-electron chi connectivity index (χ2n) is 5.45. The van der Waals surface area contributed by atoms with Gasteiger partial charge < -0.3 is 10.2 Å². The summed E-state index contributed by atoms with van der Waals surface area (Å²) in [6.07, 6.45) is 4.39. The highest BCUT2D eigenvalue weighted by Crippen LogP contribution is 2.15. The molecule has 1 heterocycles. The number of sulfonamides is 1. The summed E-state index contributed by atoms with van der Waals surface area (Å²) in [4.78, 5) is 6.89. The summed E-state index contributed by atoms with van der Waals surface area (Å²) < 4.78 is 24.4. The van der Waals surface area contributed by atoms with E-state index in [9.17, 15) is 8.42 Å². The molecule has 0 aromatic rings. The Bertz CT molecular complexity index is 414. The lowest BCUT2D eigenvalue weighted by molar-refractivity contribution is 0.266. The van der Waals surface area contributed by atoms with Crippen molar-refractivity contribution < 1.29 is 8.42 Å². The smallest absolute Gasteiger partial charge is 0.208 e. The Balaban J connectivity index is 0.00000400. The molecule has 1 aliphatic rings. The number of likely N-dealkylation sites (tertiary alicyclic amines) is 1. The quantitative estimate of drug-likeness (QED) is 0.287. The summed E-state index contributed by atoms with van der Waals surface area (Å²) in [5.74, 6) is 1.66. The van der Waals surface area contributed by atoms with E-state index in [-0.39, 0.29) is 24.0 Å². The van der Waals surface area contributed by atoms with Crippen LogP contribution in [-0.2, 0) is 10.0 Å². The Morgan fingerprint density at radius 3 is 2.71 bits per heavy atom. The van der Waals surface area contributed by atoms with E-state index in [0.717, 1.165) is 25.6 Å². The van der Waals surface area contributed by atoms with Crippen LogP contribution in [0.1, 0.15) is 33.1 Å². The van der Waals surface area contributed by atoms with Gasteiger partial charge in [-0.2, -0.15) is 0 Å². The molecule has 21 heavy (non-hydrogen) atoms. The average Bonchev–Trinajstić information content (AvgIpc) is 2.36. The van der Waals surface area contributed by atoms with Crippen LogP contribution in [0.15, 0.2) is 4.99 Å². The van der Waals surface area contributed by atoms with Crippen molar-refractivity contribution >= 4 is 40.0 Å². The maximum absolute atomic E-state index is 10.9. The van der Waals surface area contributed by atoms with Crippen LogP contribution in [0.25, 0.3) is 0 Å². The van der Waals surface area contributed by atoms with Gasteiger partial charge in [-0.15, -0.1) is 24.0 Å². The molecule has 0 saturated carbocycles. The van der Waals surface area contributed by atoms with E-state index in [1.807, 2.05) is 0 Å². The fourth-order valence-electron chi connectivity index (χ4n) is 2.33. The maximum atomic E-state index is 10.9. The average molecular weight is 432 g/mol. The van der Waals surface area contributed by atoms with Gasteiger partial charge in [0.15, 0.2) is 5.96 Å². The molecule has 1 unspecified atom stereocenters. The van der Waals surface area contributed by atoms with Crippen molar-refractivity contribution in [1.29, 1.82) is 0 Å². The Kier molecular flexibility index (Phi) is 10.6. The highest BCUT2D eigenvalue weighted by Gasteiger charge is 2.18. The first-order valence-corrected chi connectivity index (χ1v) is 9.29. The summed E-state index contributed by atoms with van der Waals surface area (Å²) in [7, 11) is -3.09. The first-order valence-electron chi connectivity index (χ1n) is 7.40. The van der Waals surface area contributed by atoms with Crippen molar-refractivity contribution in [3.8, 4) is 0 Å². The zero-order chi connectivity index (χ0) is 15.0. The molecule has 0 aliphatic carbocycles. The number of aliphatic imine (C=N–C) groups is 1. The minimum atomic E-state index is -3.09. The number of guanidine groups is 1. The van der Waals surface area contributed by atoms with E-state index in [2.05, 4.69) is 33.8 Å². The van der Waals surface area contributed by atoms with Gasteiger partial charge in [0, 0.05) is 32.7 Å². The van der Waals surface area contributed by atoms with Gasteiger partial charge in [0.1, 0.15) is 0 Å². The van der Waals surface area contributed by atoms with Crippen molar-refractivity contribution in [3.05, 3.63) is 0 Å². The first kappa shape index (κ1) is 20.9. The van der Waals surface area contributed by atoms with Crippen molar-refractivity contribution in [3.63, 3.8) is 0 Å². The molecule has 0 aromatic carbocycles. The van der Waals surface area contributed by atoms with Crippen molar-refractivity contribution in [2.45, 2.75) is 33.1 Å². The third-order valence-electron chi connectivity index (χ3n) is 3.25. The molecule has 1 saturated heterocycles. The predicted molar refractivity (Wildman–Crippen MR) is 98.8 cm³/mol. The van der Waals surface area contributed by atoms with Crippen LogP contribution in [0.4, 0.5) is 0 Å². The Labute approximate surface area is 146 Å². The number of hydrogen-bond donors (Lipinski definition) is 2. The minimum absolute atomic E-state index is 0. The molecule has 0 bridgehead atoms.